The normalized spacial score (nSPS) is 11.1. The molecule has 0 saturated heterocycles. The third-order valence-electron chi connectivity index (χ3n) is 2.56. The minimum atomic E-state index is 0.0473. The van der Waals surface area contributed by atoms with E-state index in [1.807, 2.05) is 30.3 Å². The van der Waals surface area contributed by atoms with Gasteiger partial charge in [-0.15, -0.1) is 11.3 Å². The molecule has 0 aliphatic carbocycles. The lowest BCUT2D eigenvalue weighted by Crippen LogP contribution is -2.01. The molecule has 0 unspecified atom stereocenters. The van der Waals surface area contributed by atoms with Crippen LogP contribution in [0.4, 0.5) is 0 Å². The lowest BCUT2D eigenvalue weighted by Gasteiger charge is -1.96. The number of Topliss-reactive ketones (excluding diaryl/α,β-unsaturated/α-hetero) is 1. The Bertz CT molecular complexity index is 749. The van der Waals surface area contributed by atoms with Crippen molar-refractivity contribution in [1.82, 2.24) is 4.98 Å². The third-order valence-corrected chi connectivity index (χ3v) is 5.73. The van der Waals surface area contributed by atoms with Crippen LogP contribution in [0.15, 0.2) is 47.5 Å². The number of rotatable bonds is 4. The molecule has 0 atom stereocenters. The molecule has 0 bridgehead atoms. The summed E-state index contributed by atoms with van der Waals surface area (Å²) in [6, 6.07) is 9.37. The molecule has 3 nitrogen and oxygen atoms in total. The molecule has 7 heteroatoms. The van der Waals surface area contributed by atoms with Crippen molar-refractivity contribution in [2.24, 2.45) is 0 Å². The molecule has 3 aromatic rings. The number of fused-ring (bicyclic) bond motifs is 1. The largest absolute Gasteiger partial charge is 0.431 e. The van der Waals surface area contributed by atoms with Gasteiger partial charge in [0, 0.05) is 5.56 Å². The molecule has 0 aliphatic rings. The van der Waals surface area contributed by atoms with E-state index < -0.39 is 0 Å². The highest BCUT2D eigenvalue weighted by molar-refractivity contribution is 9.12. The Kier molecular flexibility index (Phi) is 4.30. The Morgan fingerprint density at radius 3 is 2.85 bits per heavy atom. The van der Waals surface area contributed by atoms with Crippen LogP contribution in [-0.2, 0) is 0 Å². The molecular formula is C13H7Br2NO2S2. The maximum Gasteiger partial charge on any atom is 0.257 e. The first-order chi connectivity index (χ1) is 9.63. The van der Waals surface area contributed by atoms with Crippen LogP contribution in [-0.4, -0.2) is 16.5 Å². The summed E-state index contributed by atoms with van der Waals surface area (Å²) in [7, 11) is 0. The van der Waals surface area contributed by atoms with E-state index in [0.29, 0.717) is 16.5 Å². The number of ketones is 1. The lowest BCUT2D eigenvalue weighted by atomic mass is 10.2. The zero-order valence-corrected chi connectivity index (χ0v) is 14.7. The number of nitrogens with zero attached hydrogens (tertiary/aromatic N) is 1. The molecule has 2 aromatic heterocycles. The lowest BCUT2D eigenvalue weighted by molar-refractivity contribution is 0.102. The molecule has 0 N–H and O–H groups in total. The van der Waals surface area contributed by atoms with Gasteiger partial charge in [0.2, 0.25) is 0 Å². The first-order valence-electron chi connectivity index (χ1n) is 5.60. The van der Waals surface area contributed by atoms with Gasteiger partial charge in [0.05, 0.1) is 13.3 Å². The van der Waals surface area contributed by atoms with E-state index in [1.165, 1.54) is 23.1 Å². The van der Waals surface area contributed by atoms with E-state index >= 15 is 0 Å². The molecule has 0 aliphatic heterocycles. The number of halogens is 2. The molecule has 1 aromatic carbocycles. The highest BCUT2D eigenvalue weighted by Crippen LogP contribution is 2.33. The quantitative estimate of drug-likeness (QED) is 0.409. The number of oxazole rings is 1. The molecule has 2 heterocycles. The summed E-state index contributed by atoms with van der Waals surface area (Å²) >= 11 is 9.56. The summed E-state index contributed by atoms with van der Waals surface area (Å²) in [5, 5.41) is 0.518. The van der Waals surface area contributed by atoms with Gasteiger partial charge in [-0.25, -0.2) is 4.98 Å². The van der Waals surface area contributed by atoms with Crippen LogP contribution in [0.3, 0.4) is 0 Å². The van der Waals surface area contributed by atoms with Gasteiger partial charge in [-0.2, -0.15) is 0 Å². The van der Waals surface area contributed by atoms with Gasteiger partial charge < -0.3 is 4.42 Å². The first kappa shape index (κ1) is 14.3. The van der Waals surface area contributed by atoms with Crippen molar-refractivity contribution in [2.75, 3.05) is 5.75 Å². The van der Waals surface area contributed by atoms with Crippen LogP contribution in [0.5, 0.6) is 0 Å². The molecule has 0 fully saturated rings. The van der Waals surface area contributed by atoms with Crippen molar-refractivity contribution in [1.29, 1.82) is 0 Å². The van der Waals surface area contributed by atoms with Gasteiger partial charge in [0.15, 0.2) is 11.4 Å². The van der Waals surface area contributed by atoms with Crippen LogP contribution in [0.1, 0.15) is 10.4 Å². The van der Waals surface area contributed by atoms with Crippen molar-refractivity contribution in [2.45, 2.75) is 5.22 Å². The number of benzene rings is 1. The summed E-state index contributed by atoms with van der Waals surface area (Å²) in [6.07, 6.45) is 0. The predicted molar refractivity (Wildman–Crippen MR) is 88.8 cm³/mol. The van der Waals surface area contributed by atoms with Crippen molar-refractivity contribution in [3.05, 3.63) is 43.5 Å². The van der Waals surface area contributed by atoms with E-state index in [-0.39, 0.29) is 5.78 Å². The second kappa shape index (κ2) is 6.01. The average molecular weight is 433 g/mol. The second-order valence-corrected chi connectivity index (χ2v) is 8.57. The predicted octanol–water partition coefficient (Wildman–Crippen LogP) is 5.39. The number of aromatic nitrogens is 1. The van der Waals surface area contributed by atoms with Crippen molar-refractivity contribution in [3.8, 4) is 0 Å². The van der Waals surface area contributed by atoms with E-state index in [0.717, 1.165) is 18.7 Å². The van der Waals surface area contributed by atoms with E-state index in [4.69, 9.17) is 4.42 Å². The number of thiophene rings is 1. The van der Waals surface area contributed by atoms with Crippen molar-refractivity contribution < 1.29 is 9.21 Å². The molecular weight excluding hydrogens is 426 g/mol. The number of thioether (sulfide) groups is 1. The fourth-order valence-corrected chi connectivity index (χ4v) is 5.23. The zero-order chi connectivity index (χ0) is 14.1. The fourth-order valence-electron chi connectivity index (χ4n) is 1.65. The van der Waals surface area contributed by atoms with Crippen LogP contribution >= 0.6 is 55.0 Å². The van der Waals surface area contributed by atoms with Crippen LogP contribution in [0, 0.1) is 0 Å². The first-order valence-corrected chi connectivity index (χ1v) is 8.98. The summed E-state index contributed by atoms with van der Waals surface area (Å²) in [4.78, 5) is 16.5. The minimum absolute atomic E-state index is 0.0473. The van der Waals surface area contributed by atoms with Gasteiger partial charge in [-0.05, 0) is 50.1 Å². The van der Waals surface area contributed by atoms with E-state index in [2.05, 4.69) is 36.8 Å². The maximum absolute atomic E-state index is 12.1. The van der Waals surface area contributed by atoms with Gasteiger partial charge in [-0.1, -0.05) is 23.9 Å². The molecule has 0 radical (unpaired) electrons. The highest BCUT2D eigenvalue weighted by atomic mass is 79.9. The molecule has 102 valence electrons. The smallest absolute Gasteiger partial charge is 0.257 e. The summed E-state index contributed by atoms with van der Waals surface area (Å²) < 4.78 is 7.34. The van der Waals surface area contributed by atoms with Crippen molar-refractivity contribution in [3.63, 3.8) is 0 Å². The van der Waals surface area contributed by atoms with Crippen LogP contribution in [0.2, 0.25) is 0 Å². The average Bonchev–Trinajstić information content (AvgIpc) is 2.98. The van der Waals surface area contributed by atoms with Gasteiger partial charge in [0.25, 0.3) is 5.22 Å². The standard InChI is InChI=1S/C13H7Br2NO2S2/c14-11-5-7(12(15)20-11)9(17)6-19-13-16-8-3-1-2-4-10(8)18-13/h1-5H,6H2. The van der Waals surface area contributed by atoms with Crippen molar-refractivity contribution >= 4 is 71.8 Å². The monoisotopic (exact) mass is 431 g/mol. The third kappa shape index (κ3) is 3.00. The number of para-hydroxylation sites is 2. The molecule has 0 amide bonds. The minimum Gasteiger partial charge on any atom is -0.431 e. The number of hydrogen-bond donors (Lipinski definition) is 0. The summed E-state index contributed by atoms with van der Waals surface area (Å²) in [5.41, 5.74) is 2.23. The Morgan fingerprint density at radius 1 is 1.35 bits per heavy atom. The fraction of sp³-hybridized carbons (Fsp3) is 0.0769. The van der Waals surface area contributed by atoms with Gasteiger partial charge in [0.1, 0.15) is 5.52 Å². The van der Waals surface area contributed by atoms with Crippen LogP contribution < -0.4 is 0 Å². The van der Waals surface area contributed by atoms with Gasteiger partial charge in [-0.3, -0.25) is 4.79 Å². The summed E-state index contributed by atoms with van der Waals surface area (Å²) in [5.74, 6) is 0.347. The molecule has 0 saturated carbocycles. The zero-order valence-electron chi connectivity index (χ0n) is 9.93. The molecule has 0 spiro atoms. The van der Waals surface area contributed by atoms with Crippen LogP contribution in [0.25, 0.3) is 11.1 Å². The number of hydrogen-bond acceptors (Lipinski definition) is 5. The second-order valence-electron chi connectivity index (χ2n) is 3.90. The van der Waals surface area contributed by atoms with E-state index in [9.17, 15) is 4.79 Å². The summed E-state index contributed by atoms with van der Waals surface area (Å²) in [6.45, 7) is 0. The maximum atomic E-state index is 12.1. The highest BCUT2D eigenvalue weighted by Gasteiger charge is 2.15. The van der Waals surface area contributed by atoms with E-state index in [1.54, 1.807) is 0 Å². The SMILES string of the molecule is O=C(CSc1nc2ccccc2o1)c1cc(Br)sc1Br. The topological polar surface area (TPSA) is 43.1 Å². The number of carbonyl (C=O) groups is 1. The Hall–Kier alpha value is -0.630. The Balaban J connectivity index is 1.73. The molecule has 3 rings (SSSR count). The number of carbonyl (C=O) groups excluding carboxylic acids is 1. The Labute approximate surface area is 140 Å². The molecule has 20 heavy (non-hydrogen) atoms. The van der Waals surface area contributed by atoms with Gasteiger partial charge >= 0.3 is 0 Å². The Morgan fingerprint density at radius 2 is 2.15 bits per heavy atom.